The van der Waals surface area contributed by atoms with Crippen LogP contribution in [0, 0.1) is 0 Å². The van der Waals surface area contributed by atoms with Crippen LogP contribution in [-0.2, 0) is 4.74 Å². The molecule has 0 aliphatic carbocycles. The number of aromatic nitrogens is 1. The van der Waals surface area contributed by atoms with Gasteiger partial charge >= 0.3 is 0 Å². The van der Waals surface area contributed by atoms with Crippen molar-refractivity contribution in [3.05, 3.63) is 23.2 Å². The molecule has 0 saturated carbocycles. The van der Waals surface area contributed by atoms with E-state index in [-0.39, 0.29) is 11.9 Å². The molecule has 0 bridgehead atoms. The van der Waals surface area contributed by atoms with Crippen molar-refractivity contribution in [2.75, 3.05) is 18.9 Å². The highest BCUT2D eigenvalue weighted by atomic mass is 32.1. The van der Waals surface area contributed by atoms with Crippen LogP contribution in [0.1, 0.15) is 22.5 Å². The Morgan fingerprint density at radius 1 is 1.58 bits per heavy atom. The number of thiophene rings is 1. The third-order valence-corrected chi connectivity index (χ3v) is 4.33. The van der Waals surface area contributed by atoms with Gasteiger partial charge in [-0.2, -0.15) is 0 Å². The Morgan fingerprint density at radius 3 is 3.21 bits per heavy atom. The third kappa shape index (κ3) is 2.41. The van der Waals surface area contributed by atoms with Crippen molar-refractivity contribution in [2.45, 2.75) is 18.9 Å². The molecule has 0 spiro atoms. The molecule has 0 aromatic carbocycles. The number of fused-ring (bicyclic) bond motifs is 1. The molecular weight excluding hydrogens is 262 g/mol. The lowest BCUT2D eigenvalue weighted by Gasteiger charge is -2.22. The number of hydrogen-bond donors (Lipinski definition) is 2. The molecule has 1 amide bonds. The number of nitrogens with zero attached hydrogens (tertiary/aromatic N) is 1. The van der Waals surface area contributed by atoms with Crippen LogP contribution in [0.3, 0.4) is 0 Å². The standard InChI is InChI=1S/C13H15N3O2S/c14-10-9-4-1-5-15-13(9)19-11(10)12(17)16-8-3-2-6-18-7-8/h1,4-5,8H,2-3,6-7,14H2,(H,16,17). The Hall–Kier alpha value is -1.66. The van der Waals surface area contributed by atoms with E-state index in [0.29, 0.717) is 17.2 Å². The Balaban J connectivity index is 1.83. The Bertz CT molecular complexity index is 605. The normalized spacial score (nSPS) is 19.5. The van der Waals surface area contributed by atoms with E-state index < -0.39 is 0 Å². The first-order valence-electron chi connectivity index (χ1n) is 6.27. The van der Waals surface area contributed by atoms with Gasteiger partial charge in [-0.05, 0) is 25.0 Å². The maximum Gasteiger partial charge on any atom is 0.263 e. The number of nitrogens with one attached hydrogen (secondary N) is 1. The molecule has 3 heterocycles. The summed E-state index contributed by atoms with van der Waals surface area (Å²) in [5, 5.41) is 3.82. The summed E-state index contributed by atoms with van der Waals surface area (Å²) in [5.41, 5.74) is 6.54. The number of carbonyl (C=O) groups excluding carboxylic acids is 1. The monoisotopic (exact) mass is 277 g/mol. The summed E-state index contributed by atoms with van der Waals surface area (Å²) in [7, 11) is 0. The average molecular weight is 277 g/mol. The molecule has 2 aromatic heterocycles. The molecule has 2 aromatic rings. The minimum atomic E-state index is -0.129. The predicted molar refractivity (Wildman–Crippen MR) is 75.3 cm³/mol. The number of pyridine rings is 1. The van der Waals surface area contributed by atoms with E-state index in [1.54, 1.807) is 6.20 Å². The van der Waals surface area contributed by atoms with Crippen LogP contribution in [0.15, 0.2) is 18.3 Å². The lowest BCUT2D eigenvalue weighted by atomic mass is 10.1. The number of carbonyl (C=O) groups is 1. The second kappa shape index (κ2) is 5.14. The lowest BCUT2D eigenvalue weighted by Crippen LogP contribution is -2.40. The summed E-state index contributed by atoms with van der Waals surface area (Å²) in [6.45, 7) is 1.36. The number of nitrogens with two attached hydrogens (primary N) is 1. The van der Waals surface area contributed by atoms with Gasteiger partial charge in [-0.1, -0.05) is 0 Å². The minimum absolute atomic E-state index is 0.0822. The second-order valence-corrected chi connectivity index (χ2v) is 5.59. The largest absolute Gasteiger partial charge is 0.397 e. The lowest BCUT2D eigenvalue weighted by molar-refractivity contribution is 0.0626. The van der Waals surface area contributed by atoms with Gasteiger partial charge in [0.1, 0.15) is 9.71 Å². The highest BCUT2D eigenvalue weighted by molar-refractivity contribution is 7.21. The first-order chi connectivity index (χ1) is 9.25. The summed E-state index contributed by atoms with van der Waals surface area (Å²) in [5.74, 6) is -0.129. The summed E-state index contributed by atoms with van der Waals surface area (Å²) in [4.78, 5) is 17.8. The average Bonchev–Trinajstić information content (AvgIpc) is 2.78. The van der Waals surface area contributed by atoms with Crippen molar-refractivity contribution < 1.29 is 9.53 Å². The Kier molecular flexibility index (Phi) is 3.35. The molecule has 1 aliphatic rings. The van der Waals surface area contributed by atoms with Crippen molar-refractivity contribution in [3.8, 4) is 0 Å². The fourth-order valence-corrected chi connectivity index (χ4v) is 3.19. The summed E-state index contributed by atoms with van der Waals surface area (Å²) >= 11 is 1.33. The van der Waals surface area contributed by atoms with E-state index >= 15 is 0 Å². The van der Waals surface area contributed by atoms with E-state index in [2.05, 4.69) is 10.3 Å². The molecule has 0 radical (unpaired) electrons. The number of nitrogen functional groups attached to an aromatic ring is 1. The summed E-state index contributed by atoms with van der Waals surface area (Å²) in [6.07, 6.45) is 3.64. The molecular formula is C13H15N3O2S. The molecule has 19 heavy (non-hydrogen) atoms. The van der Waals surface area contributed by atoms with Crippen LogP contribution in [0.2, 0.25) is 0 Å². The first-order valence-corrected chi connectivity index (χ1v) is 7.09. The van der Waals surface area contributed by atoms with Gasteiger partial charge in [0, 0.05) is 18.2 Å². The molecule has 1 saturated heterocycles. The van der Waals surface area contributed by atoms with Gasteiger partial charge in [0.15, 0.2) is 0 Å². The molecule has 1 atom stereocenters. The highest BCUT2D eigenvalue weighted by Gasteiger charge is 2.21. The fourth-order valence-electron chi connectivity index (χ4n) is 2.23. The molecule has 100 valence electrons. The zero-order valence-corrected chi connectivity index (χ0v) is 11.2. The van der Waals surface area contributed by atoms with Crippen LogP contribution >= 0.6 is 11.3 Å². The SMILES string of the molecule is Nc1c(C(=O)NC2CCCOC2)sc2ncccc12. The van der Waals surface area contributed by atoms with Crippen molar-refractivity contribution in [3.63, 3.8) is 0 Å². The van der Waals surface area contributed by atoms with Crippen LogP contribution < -0.4 is 11.1 Å². The van der Waals surface area contributed by atoms with Crippen LogP contribution in [0.4, 0.5) is 5.69 Å². The Labute approximate surface area is 114 Å². The summed E-state index contributed by atoms with van der Waals surface area (Å²) in [6, 6.07) is 3.79. The van der Waals surface area contributed by atoms with E-state index in [4.69, 9.17) is 10.5 Å². The van der Waals surface area contributed by atoms with Crippen LogP contribution in [0.25, 0.3) is 10.2 Å². The van der Waals surface area contributed by atoms with Crippen molar-refractivity contribution >= 4 is 33.1 Å². The predicted octanol–water partition coefficient (Wildman–Crippen LogP) is 1.79. The maximum atomic E-state index is 12.2. The van der Waals surface area contributed by atoms with Gasteiger partial charge in [0.2, 0.25) is 0 Å². The number of rotatable bonds is 2. The van der Waals surface area contributed by atoms with Crippen LogP contribution in [-0.4, -0.2) is 30.1 Å². The number of amides is 1. The minimum Gasteiger partial charge on any atom is -0.397 e. The van der Waals surface area contributed by atoms with Gasteiger partial charge < -0.3 is 15.8 Å². The van der Waals surface area contributed by atoms with E-state index in [9.17, 15) is 4.79 Å². The van der Waals surface area contributed by atoms with Crippen molar-refractivity contribution in [2.24, 2.45) is 0 Å². The molecule has 3 rings (SSSR count). The molecule has 3 N–H and O–H groups in total. The van der Waals surface area contributed by atoms with Gasteiger partial charge in [-0.3, -0.25) is 4.79 Å². The molecule has 1 aliphatic heterocycles. The van der Waals surface area contributed by atoms with Gasteiger partial charge in [-0.15, -0.1) is 11.3 Å². The number of ether oxygens (including phenoxy) is 1. The second-order valence-electron chi connectivity index (χ2n) is 4.59. The quantitative estimate of drug-likeness (QED) is 0.877. The highest BCUT2D eigenvalue weighted by Crippen LogP contribution is 2.31. The van der Waals surface area contributed by atoms with Gasteiger partial charge in [0.05, 0.1) is 18.3 Å². The Morgan fingerprint density at radius 2 is 2.47 bits per heavy atom. The van der Waals surface area contributed by atoms with Gasteiger partial charge in [-0.25, -0.2) is 4.98 Å². The van der Waals surface area contributed by atoms with Crippen molar-refractivity contribution in [1.82, 2.24) is 10.3 Å². The van der Waals surface area contributed by atoms with E-state index in [1.807, 2.05) is 12.1 Å². The van der Waals surface area contributed by atoms with E-state index in [1.165, 1.54) is 11.3 Å². The summed E-state index contributed by atoms with van der Waals surface area (Å²) < 4.78 is 5.35. The van der Waals surface area contributed by atoms with Gasteiger partial charge in [0.25, 0.3) is 5.91 Å². The smallest absolute Gasteiger partial charge is 0.263 e. The number of anilines is 1. The fraction of sp³-hybridized carbons (Fsp3) is 0.385. The van der Waals surface area contributed by atoms with E-state index in [0.717, 1.165) is 29.7 Å². The van der Waals surface area contributed by atoms with Crippen molar-refractivity contribution in [1.29, 1.82) is 0 Å². The maximum absolute atomic E-state index is 12.2. The zero-order valence-electron chi connectivity index (χ0n) is 10.4. The molecule has 5 nitrogen and oxygen atoms in total. The first kappa shape index (κ1) is 12.4. The zero-order chi connectivity index (χ0) is 13.2. The molecule has 1 fully saturated rings. The molecule has 6 heteroatoms. The van der Waals surface area contributed by atoms with Crippen LogP contribution in [0.5, 0.6) is 0 Å². The molecule has 1 unspecified atom stereocenters. The third-order valence-electron chi connectivity index (χ3n) is 3.21. The topological polar surface area (TPSA) is 77.2 Å². The number of hydrogen-bond acceptors (Lipinski definition) is 5.